The van der Waals surface area contributed by atoms with E-state index in [1.54, 1.807) is 21.1 Å². The van der Waals surface area contributed by atoms with Crippen molar-refractivity contribution in [2.75, 3.05) is 31.8 Å². The van der Waals surface area contributed by atoms with E-state index in [0.717, 1.165) is 12.8 Å². The maximum Gasteiger partial charge on any atom is 0.325 e. The molecule has 0 bridgehead atoms. The van der Waals surface area contributed by atoms with Crippen LogP contribution in [0.2, 0.25) is 0 Å². The molecule has 8 heteroatoms. The molecule has 0 aliphatic rings. The second-order valence-corrected chi connectivity index (χ2v) is 7.75. The van der Waals surface area contributed by atoms with Crippen molar-refractivity contribution in [2.24, 2.45) is 0 Å². The van der Waals surface area contributed by atoms with Crippen LogP contribution in [-0.4, -0.2) is 52.2 Å². The van der Waals surface area contributed by atoms with Gasteiger partial charge in [0, 0.05) is 26.9 Å². The summed E-state index contributed by atoms with van der Waals surface area (Å²) in [4.78, 5) is 14.7. The lowest BCUT2D eigenvalue weighted by atomic mass is 10.2. The summed E-state index contributed by atoms with van der Waals surface area (Å²) in [5.74, 6) is 0.615. The molecule has 1 heterocycles. The van der Waals surface area contributed by atoms with Gasteiger partial charge in [-0.05, 0) is 6.42 Å². The summed E-state index contributed by atoms with van der Waals surface area (Å²) >= 11 is 1.22. The molecule has 1 unspecified atom stereocenters. The average molecular weight is 332 g/mol. The SMILES string of the molecule is CCCCCCCS(=O)c1nnc(N(C)C(=O)N(C)C)s1. The highest BCUT2D eigenvalue weighted by molar-refractivity contribution is 7.87. The molecule has 0 radical (unpaired) electrons. The summed E-state index contributed by atoms with van der Waals surface area (Å²) in [6, 6.07) is -0.178. The first kappa shape index (κ1) is 18.0. The molecule has 0 aliphatic heterocycles. The van der Waals surface area contributed by atoms with Crippen molar-refractivity contribution in [3.63, 3.8) is 0 Å². The van der Waals surface area contributed by atoms with E-state index in [1.807, 2.05) is 0 Å². The molecular weight excluding hydrogens is 308 g/mol. The number of urea groups is 1. The van der Waals surface area contributed by atoms with E-state index in [9.17, 15) is 9.00 Å². The van der Waals surface area contributed by atoms with Crippen LogP contribution in [0.4, 0.5) is 9.93 Å². The predicted molar refractivity (Wildman–Crippen MR) is 87.4 cm³/mol. The molecule has 1 atom stereocenters. The molecule has 2 amide bonds. The average Bonchev–Trinajstić information content (AvgIpc) is 2.95. The molecule has 120 valence electrons. The Morgan fingerprint density at radius 1 is 1.14 bits per heavy atom. The minimum Gasteiger partial charge on any atom is -0.330 e. The third-order valence-electron chi connectivity index (χ3n) is 2.98. The quantitative estimate of drug-likeness (QED) is 0.542. The highest BCUT2D eigenvalue weighted by Crippen LogP contribution is 2.23. The van der Waals surface area contributed by atoms with Gasteiger partial charge in [-0.1, -0.05) is 43.9 Å². The van der Waals surface area contributed by atoms with E-state index in [2.05, 4.69) is 17.1 Å². The molecule has 21 heavy (non-hydrogen) atoms. The molecule has 0 spiro atoms. The minimum atomic E-state index is -1.12. The van der Waals surface area contributed by atoms with Gasteiger partial charge in [0.25, 0.3) is 0 Å². The van der Waals surface area contributed by atoms with Crippen molar-refractivity contribution in [3.05, 3.63) is 0 Å². The molecule has 1 aromatic heterocycles. The van der Waals surface area contributed by atoms with E-state index < -0.39 is 10.8 Å². The van der Waals surface area contributed by atoms with Crippen LogP contribution in [0.1, 0.15) is 39.0 Å². The summed E-state index contributed by atoms with van der Waals surface area (Å²) < 4.78 is 12.6. The molecule has 0 saturated carbocycles. The predicted octanol–water partition coefficient (Wildman–Crippen LogP) is 2.73. The summed E-state index contributed by atoms with van der Waals surface area (Å²) in [6.45, 7) is 2.17. The van der Waals surface area contributed by atoms with Gasteiger partial charge in [-0.2, -0.15) is 0 Å². The van der Waals surface area contributed by atoms with Gasteiger partial charge in [-0.3, -0.25) is 9.11 Å². The number of hydrogen-bond acceptors (Lipinski definition) is 5. The lowest BCUT2D eigenvalue weighted by Crippen LogP contribution is -2.36. The van der Waals surface area contributed by atoms with Crippen LogP contribution in [0.15, 0.2) is 4.34 Å². The number of carbonyl (C=O) groups is 1. The van der Waals surface area contributed by atoms with Gasteiger partial charge >= 0.3 is 6.03 Å². The fraction of sp³-hybridized carbons (Fsp3) is 0.769. The Bertz CT molecular complexity index is 476. The molecule has 0 fully saturated rings. The zero-order valence-electron chi connectivity index (χ0n) is 13.2. The normalized spacial score (nSPS) is 12.2. The Morgan fingerprint density at radius 3 is 2.43 bits per heavy atom. The first-order chi connectivity index (χ1) is 9.97. The highest BCUT2D eigenvalue weighted by Gasteiger charge is 2.19. The smallest absolute Gasteiger partial charge is 0.325 e. The van der Waals surface area contributed by atoms with E-state index >= 15 is 0 Å². The fourth-order valence-electron chi connectivity index (χ4n) is 1.74. The fourth-order valence-corrected chi connectivity index (χ4v) is 3.89. The van der Waals surface area contributed by atoms with E-state index in [-0.39, 0.29) is 6.03 Å². The van der Waals surface area contributed by atoms with Crippen molar-refractivity contribution >= 4 is 33.3 Å². The number of unbranched alkanes of at least 4 members (excludes halogenated alkanes) is 4. The minimum absolute atomic E-state index is 0.178. The van der Waals surface area contributed by atoms with Crippen molar-refractivity contribution in [1.82, 2.24) is 15.1 Å². The largest absolute Gasteiger partial charge is 0.330 e. The molecule has 0 saturated heterocycles. The zero-order chi connectivity index (χ0) is 15.8. The van der Waals surface area contributed by atoms with Gasteiger partial charge in [-0.15, -0.1) is 10.2 Å². The lowest BCUT2D eigenvalue weighted by molar-refractivity contribution is 0.225. The summed E-state index contributed by atoms with van der Waals surface area (Å²) in [5, 5.41) is 8.38. The monoisotopic (exact) mass is 332 g/mol. The molecule has 1 rings (SSSR count). The maximum atomic E-state index is 12.1. The van der Waals surface area contributed by atoms with Gasteiger partial charge in [0.2, 0.25) is 9.47 Å². The second-order valence-electron chi connectivity index (χ2n) is 5.05. The Kier molecular flexibility index (Phi) is 7.81. The van der Waals surface area contributed by atoms with E-state index in [4.69, 9.17) is 0 Å². The number of hydrogen-bond donors (Lipinski definition) is 0. The Labute approximate surface area is 133 Å². The molecular formula is C13H24N4O2S2. The van der Waals surface area contributed by atoms with Crippen molar-refractivity contribution in [3.8, 4) is 0 Å². The van der Waals surface area contributed by atoms with Crippen molar-refractivity contribution in [2.45, 2.75) is 43.4 Å². The molecule has 6 nitrogen and oxygen atoms in total. The van der Waals surface area contributed by atoms with Gasteiger partial charge in [0.1, 0.15) is 0 Å². The number of carbonyl (C=O) groups excluding carboxylic acids is 1. The summed E-state index contributed by atoms with van der Waals surface area (Å²) in [6.07, 6.45) is 5.66. The van der Waals surface area contributed by atoms with Crippen LogP contribution in [0.3, 0.4) is 0 Å². The van der Waals surface area contributed by atoms with Crippen LogP contribution < -0.4 is 4.90 Å². The van der Waals surface area contributed by atoms with Crippen LogP contribution in [-0.2, 0) is 10.8 Å². The van der Waals surface area contributed by atoms with Gasteiger partial charge < -0.3 is 4.90 Å². The molecule has 0 aromatic carbocycles. The first-order valence-corrected chi connectivity index (χ1v) is 9.27. The van der Waals surface area contributed by atoms with E-state index in [1.165, 1.54) is 40.4 Å². The molecule has 1 aromatic rings. The lowest BCUT2D eigenvalue weighted by Gasteiger charge is -2.18. The van der Waals surface area contributed by atoms with Gasteiger partial charge in [0.15, 0.2) is 0 Å². The highest BCUT2D eigenvalue weighted by atomic mass is 32.2. The van der Waals surface area contributed by atoms with Gasteiger partial charge in [0.05, 0.1) is 10.8 Å². The number of anilines is 1. The van der Waals surface area contributed by atoms with Crippen molar-refractivity contribution < 1.29 is 9.00 Å². The molecule has 0 N–H and O–H groups in total. The third kappa shape index (κ3) is 5.70. The van der Waals surface area contributed by atoms with Crippen LogP contribution >= 0.6 is 11.3 Å². The van der Waals surface area contributed by atoms with Crippen LogP contribution in [0.5, 0.6) is 0 Å². The maximum absolute atomic E-state index is 12.1. The third-order valence-corrected chi connectivity index (χ3v) is 5.71. The molecule has 0 aliphatic carbocycles. The summed E-state index contributed by atoms with van der Waals surface area (Å²) in [7, 11) is 3.88. The topological polar surface area (TPSA) is 66.4 Å². The van der Waals surface area contributed by atoms with Crippen molar-refractivity contribution in [1.29, 1.82) is 0 Å². The standard InChI is InChI=1S/C13H24N4O2S2/c1-5-6-7-8-9-10-21(19)12-15-14-11(20-12)17(4)13(18)16(2)3/h5-10H2,1-4H3. The van der Waals surface area contributed by atoms with Crippen LogP contribution in [0, 0.1) is 0 Å². The second kappa shape index (κ2) is 9.09. The number of amides is 2. The number of aromatic nitrogens is 2. The summed E-state index contributed by atoms with van der Waals surface area (Å²) in [5.41, 5.74) is 0. The number of nitrogens with zero attached hydrogens (tertiary/aromatic N) is 4. The van der Waals surface area contributed by atoms with Crippen LogP contribution in [0.25, 0.3) is 0 Å². The van der Waals surface area contributed by atoms with E-state index in [0.29, 0.717) is 15.2 Å². The zero-order valence-corrected chi connectivity index (χ0v) is 14.8. The first-order valence-electron chi connectivity index (χ1n) is 7.14. The Balaban J connectivity index is 2.50. The Morgan fingerprint density at radius 2 is 1.81 bits per heavy atom. The number of rotatable bonds is 8. The Hall–Kier alpha value is -1.02. The van der Waals surface area contributed by atoms with Gasteiger partial charge in [-0.25, -0.2) is 4.79 Å².